The number of carbonyl (C=O) groups excluding carboxylic acids is 4. The Balaban J connectivity index is 1.50. The van der Waals surface area contributed by atoms with Crippen LogP contribution in [0.25, 0.3) is 0 Å². The summed E-state index contributed by atoms with van der Waals surface area (Å²) in [4.78, 5) is 51.5. The van der Waals surface area contributed by atoms with E-state index in [2.05, 4.69) is 20.8 Å². The second kappa shape index (κ2) is 16.2. The molecule has 0 aliphatic heterocycles. The summed E-state index contributed by atoms with van der Waals surface area (Å²) in [5.74, 6) is -1.34. The Labute approximate surface area is 276 Å². The number of rotatable bonds is 14. The summed E-state index contributed by atoms with van der Waals surface area (Å²) >= 11 is 2.15. The first-order chi connectivity index (χ1) is 22.1. The van der Waals surface area contributed by atoms with Crippen molar-refractivity contribution in [1.82, 2.24) is 20.1 Å². The number of anilines is 1. The molecule has 0 aliphatic rings. The second-order valence-corrected chi connectivity index (χ2v) is 12.3. The van der Waals surface area contributed by atoms with Gasteiger partial charge in [0, 0.05) is 12.1 Å². The number of amides is 2. The molecular weight excluding hydrogens is 627 g/mol. The van der Waals surface area contributed by atoms with E-state index in [1.165, 1.54) is 11.8 Å². The van der Waals surface area contributed by atoms with Crippen LogP contribution in [0, 0.1) is 20.8 Å². The van der Waals surface area contributed by atoms with Crippen molar-refractivity contribution in [1.29, 1.82) is 0 Å². The van der Waals surface area contributed by atoms with Crippen LogP contribution in [0.15, 0.2) is 53.7 Å². The van der Waals surface area contributed by atoms with Gasteiger partial charge in [0.25, 0.3) is 5.91 Å². The zero-order valence-corrected chi connectivity index (χ0v) is 28.1. The van der Waals surface area contributed by atoms with Gasteiger partial charge in [-0.1, -0.05) is 48.2 Å². The van der Waals surface area contributed by atoms with Crippen LogP contribution in [-0.2, 0) is 33.8 Å². The molecule has 2 heterocycles. The fourth-order valence-electron chi connectivity index (χ4n) is 4.55. The number of hydrogen-bond donors (Lipinski definition) is 2. The molecule has 0 unspecified atom stereocenters. The predicted octanol–water partition coefficient (Wildman–Crippen LogP) is 5.52. The lowest BCUT2D eigenvalue weighted by molar-refractivity contribution is -0.113. The minimum Gasteiger partial charge on any atom is -0.462 e. The van der Waals surface area contributed by atoms with Gasteiger partial charge in [0.05, 0.1) is 31.1 Å². The van der Waals surface area contributed by atoms with E-state index in [1.807, 2.05) is 60.9 Å². The maximum absolute atomic E-state index is 13.1. The van der Waals surface area contributed by atoms with E-state index in [4.69, 9.17) is 9.47 Å². The van der Waals surface area contributed by atoms with Crippen molar-refractivity contribution in [3.63, 3.8) is 0 Å². The van der Waals surface area contributed by atoms with Crippen LogP contribution in [0.4, 0.5) is 5.00 Å². The molecule has 13 heteroatoms. The predicted molar refractivity (Wildman–Crippen MR) is 178 cm³/mol. The highest BCUT2D eigenvalue weighted by Gasteiger charge is 2.27. The molecule has 0 atom stereocenters. The number of thiophene rings is 1. The summed E-state index contributed by atoms with van der Waals surface area (Å²) < 4.78 is 12.2. The topological polar surface area (TPSA) is 142 Å². The minimum atomic E-state index is -0.636. The van der Waals surface area contributed by atoms with E-state index in [-0.39, 0.29) is 46.9 Å². The summed E-state index contributed by atoms with van der Waals surface area (Å²) in [5, 5.41) is 15.1. The highest BCUT2D eigenvalue weighted by atomic mass is 32.2. The number of benzene rings is 2. The molecule has 0 spiro atoms. The normalized spacial score (nSPS) is 10.8. The summed E-state index contributed by atoms with van der Waals surface area (Å²) in [6.45, 7) is 9.92. The smallest absolute Gasteiger partial charge is 0.348 e. The first-order valence-corrected chi connectivity index (χ1v) is 16.6. The summed E-state index contributed by atoms with van der Waals surface area (Å²) in [6.07, 6.45) is 0.685. The average molecular weight is 664 g/mol. The third-order valence-corrected chi connectivity index (χ3v) is 9.26. The van der Waals surface area contributed by atoms with Gasteiger partial charge in [0.2, 0.25) is 5.91 Å². The molecule has 4 aromatic rings. The van der Waals surface area contributed by atoms with Crippen LogP contribution in [0.3, 0.4) is 0 Å². The van der Waals surface area contributed by atoms with Crippen LogP contribution in [-0.4, -0.2) is 57.5 Å². The third-order valence-electron chi connectivity index (χ3n) is 7.11. The molecule has 2 aromatic carbocycles. The maximum Gasteiger partial charge on any atom is 0.348 e. The van der Waals surface area contributed by atoms with E-state index in [0.29, 0.717) is 35.1 Å². The molecule has 0 radical (unpaired) electrons. The van der Waals surface area contributed by atoms with Gasteiger partial charge in [-0.2, -0.15) is 0 Å². The standard InChI is InChI=1S/C33H37N5O6S2/c1-6-43-31(41)27-22(5)28(32(42)44-7-2)46-30(27)35-26(39)19-45-33-37-36-25(38(33)16-15-23-11-9-8-10-12-23)18-34-29(40)24-14-13-20(3)21(4)17-24/h8-14,17H,6-7,15-16,18-19H2,1-5H3,(H,34,40)(H,35,39). The van der Waals surface area contributed by atoms with Gasteiger partial charge in [-0.3, -0.25) is 9.59 Å². The van der Waals surface area contributed by atoms with Gasteiger partial charge in [-0.15, -0.1) is 21.5 Å². The van der Waals surface area contributed by atoms with Gasteiger partial charge in [0.1, 0.15) is 9.88 Å². The van der Waals surface area contributed by atoms with Crippen molar-refractivity contribution in [3.8, 4) is 0 Å². The van der Waals surface area contributed by atoms with Crippen molar-refractivity contribution in [2.24, 2.45) is 0 Å². The minimum absolute atomic E-state index is 0.0492. The van der Waals surface area contributed by atoms with Crippen LogP contribution >= 0.6 is 23.1 Å². The van der Waals surface area contributed by atoms with Gasteiger partial charge < -0.3 is 24.7 Å². The summed E-state index contributed by atoms with van der Waals surface area (Å²) in [5.41, 5.74) is 4.32. The highest BCUT2D eigenvalue weighted by Crippen LogP contribution is 2.34. The van der Waals surface area contributed by atoms with Gasteiger partial charge in [0.15, 0.2) is 11.0 Å². The van der Waals surface area contributed by atoms with E-state index < -0.39 is 17.8 Å². The van der Waals surface area contributed by atoms with Crippen molar-refractivity contribution >= 4 is 51.9 Å². The number of esters is 2. The molecule has 0 aliphatic carbocycles. The molecule has 242 valence electrons. The zero-order valence-electron chi connectivity index (χ0n) is 26.5. The van der Waals surface area contributed by atoms with E-state index in [9.17, 15) is 19.2 Å². The molecule has 2 N–H and O–H groups in total. The fraction of sp³-hybridized carbons (Fsp3) is 0.333. The van der Waals surface area contributed by atoms with Crippen molar-refractivity contribution < 1.29 is 28.7 Å². The molecule has 0 saturated heterocycles. The molecule has 46 heavy (non-hydrogen) atoms. The molecule has 11 nitrogen and oxygen atoms in total. The zero-order chi connectivity index (χ0) is 33.2. The largest absolute Gasteiger partial charge is 0.462 e. The molecule has 4 rings (SSSR count). The summed E-state index contributed by atoms with van der Waals surface area (Å²) in [7, 11) is 0. The molecule has 0 bridgehead atoms. The lowest BCUT2D eigenvalue weighted by atomic mass is 10.1. The number of ether oxygens (including phenoxy) is 2. The lowest BCUT2D eigenvalue weighted by Crippen LogP contribution is -2.25. The van der Waals surface area contributed by atoms with Gasteiger partial charge >= 0.3 is 11.9 Å². The Morgan fingerprint density at radius 1 is 0.913 bits per heavy atom. The Morgan fingerprint density at radius 3 is 2.33 bits per heavy atom. The quantitative estimate of drug-likeness (QED) is 0.132. The van der Waals surface area contributed by atoms with Crippen molar-refractivity contribution in [3.05, 3.63) is 92.6 Å². The number of nitrogens with zero attached hydrogens (tertiary/aromatic N) is 3. The van der Waals surface area contributed by atoms with Crippen molar-refractivity contribution in [2.75, 3.05) is 24.3 Å². The van der Waals surface area contributed by atoms with Crippen molar-refractivity contribution in [2.45, 2.75) is 59.3 Å². The first kappa shape index (κ1) is 34.4. The molecule has 2 amide bonds. The number of aromatic nitrogens is 3. The van der Waals surface area contributed by atoms with Gasteiger partial charge in [-0.05, 0) is 75.4 Å². The maximum atomic E-state index is 13.1. The number of thioether (sulfide) groups is 1. The number of carbonyl (C=O) groups is 4. The Morgan fingerprint density at radius 2 is 1.63 bits per heavy atom. The Hall–Kier alpha value is -4.49. The van der Waals surface area contributed by atoms with E-state index >= 15 is 0 Å². The number of nitrogens with one attached hydrogen (secondary N) is 2. The number of hydrogen-bond acceptors (Lipinski definition) is 10. The SMILES string of the molecule is CCOC(=O)c1sc(NC(=O)CSc2nnc(CNC(=O)c3ccc(C)c(C)c3)n2CCc2ccccc2)c(C(=O)OCC)c1C. The van der Waals surface area contributed by atoms with Crippen LogP contribution < -0.4 is 10.6 Å². The van der Waals surface area contributed by atoms with E-state index in [0.717, 1.165) is 28.0 Å². The number of aryl methyl sites for hydroxylation is 3. The average Bonchev–Trinajstić information content (AvgIpc) is 3.59. The van der Waals surface area contributed by atoms with Gasteiger partial charge in [-0.25, -0.2) is 9.59 Å². The fourth-order valence-corrected chi connectivity index (χ4v) is 6.43. The van der Waals surface area contributed by atoms with E-state index in [1.54, 1.807) is 26.8 Å². The molecule has 2 aromatic heterocycles. The monoisotopic (exact) mass is 663 g/mol. The second-order valence-electron chi connectivity index (χ2n) is 10.3. The summed E-state index contributed by atoms with van der Waals surface area (Å²) in [6, 6.07) is 15.5. The Kier molecular flexibility index (Phi) is 12.1. The van der Waals surface area contributed by atoms with Crippen LogP contribution in [0.5, 0.6) is 0 Å². The molecule has 0 fully saturated rings. The van der Waals surface area contributed by atoms with Crippen LogP contribution in [0.2, 0.25) is 0 Å². The molecular formula is C33H37N5O6S2. The lowest BCUT2D eigenvalue weighted by Gasteiger charge is -2.12. The Bertz CT molecular complexity index is 1720. The first-order valence-electron chi connectivity index (χ1n) is 14.8. The third kappa shape index (κ3) is 8.61. The molecule has 0 saturated carbocycles. The van der Waals surface area contributed by atoms with Crippen LogP contribution in [0.1, 0.15) is 72.3 Å². The highest BCUT2D eigenvalue weighted by molar-refractivity contribution is 7.99.